The van der Waals surface area contributed by atoms with Crippen molar-refractivity contribution < 1.29 is 9.18 Å². The van der Waals surface area contributed by atoms with Crippen molar-refractivity contribution in [1.29, 1.82) is 0 Å². The maximum Gasteiger partial charge on any atom is 0.257 e. The first kappa shape index (κ1) is 16.0. The molecule has 2 aliphatic heterocycles. The molecule has 6 heteroatoms. The third-order valence-corrected chi connectivity index (χ3v) is 5.33. The molecule has 0 spiro atoms. The number of nitrogens with zero attached hydrogens (tertiary/aromatic N) is 1. The predicted octanol–water partition coefficient (Wildman–Crippen LogP) is 3.78. The average molecular weight is 355 g/mol. The number of hydrogen-bond acceptors (Lipinski definition) is 4. The molecule has 0 radical (unpaired) electrons. The number of hydrogen-bond donors (Lipinski definition) is 2. The highest BCUT2D eigenvalue weighted by Crippen LogP contribution is 2.32. The van der Waals surface area contributed by atoms with E-state index in [1.165, 1.54) is 17.8 Å². The van der Waals surface area contributed by atoms with Crippen LogP contribution in [0.15, 0.2) is 48.7 Å². The van der Waals surface area contributed by atoms with E-state index >= 15 is 0 Å². The molecule has 1 saturated heterocycles. The molecular weight excluding hydrogens is 337 g/mol. The summed E-state index contributed by atoms with van der Waals surface area (Å²) < 4.78 is 13.5. The number of benzene rings is 2. The quantitative estimate of drug-likeness (QED) is 0.823. The van der Waals surface area contributed by atoms with Gasteiger partial charge in [0, 0.05) is 53.4 Å². The van der Waals surface area contributed by atoms with Crippen LogP contribution in [0.25, 0.3) is 5.57 Å². The fourth-order valence-corrected chi connectivity index (χ4v) is 3.95. The summed E-state index contributed by atoms with van der Waals surface area (Å²) in [5.74, 6) is 1.75. The summed E-state index contributed by atoms with van der Waals surface area (Å²) in [5.41, 5.74) is 3.76. The van der Waals surface area contributed by atoms with Crippen molar-refractivity contribution in [1.82, 2.24) is 0 Å². The molecule has 25 heavy (non-hydrogen) atoms. The topological polar surface area (TPSA) is 44.4 Å². The van der Waals surface area contributed by atoms with E-state index in [4.69, 9.17) is 0 Å². The first-order chi connectivity index (χ1) is 12.2. The minimum absolute atomic E-state index is 0.226. The molecule has 2 heterocycles. The third kappa shape index (κ3) is 3.35. The molecule has 0 atom stereocenters. The van der Waals surface area contributed by atoms with Gasteiger partial charge in [0.1, 0.15) is 5.82 Å². The Morgan fingerprint density at radius 2 is 1.88 bits per heavy atom. The lowest BCUT2D eigenvalue weighted by atomic mass is 10.1. The van der Waals surface area contributed by atoms with Gasteiger partial charge in [-0.2, -0.15) is 11.8 Å². The van der Waals surface area contributed by atoms with E-state index in [1.807, 2.05) is 23.9 Å². The maximum atomic E-state index is 13.5. The van der Waals surface area contributed by atoms with Gasteiger partial charge in [-0.3, -0.25) is 4.79 Å². The van der Waals surface area contributed by atoms with Crippen molar-refractivity contribution in [2.24, 2.45) is 0 Å². The molecule has 2 N–H and O–H groups in total. The molecule has 0 aromatic heterocycles. The number of amides is 1. The van der Waals surface area contributed by atoms with Crippen molar-refractivity contribution in [3.63, 3.8) is 0 Å². The molecule has 0 bridgehead atoms. The molecule has 128 valence electrons. The van der Waals surface area contributed by atoms with Crippen LogP contribution in [0.2, 0.25) is 0 Å². The fourth-order valence-electron chi connectivity index (χ4n) is 3.05. The zero-order valence-corrected chi connectivity index (χ0v) is 14.4. The SMILES string of the molecule is O=C1Nc2ccc(F)cc2C1=CNc1ccc(N2CCSCC2)cc1. The molecule has 2 aliphatic rings. The summed E-state index contributed by atoms with van der Waals surface area (Å²) in [7, 11) is 0. The van der Waals surface area contributed by atoms with Gasteiger partial charge in [-0.1, -0.05) is 0 Å². The molecule has 0 unspecified atom stereocenters. The summed E-state index contributed by atoms with van der Waals surface area (Å²) in [6.07, 6.45) is 1.63. The van der Waals surface area contributed by atoms with Crippen molar-refractivity contribution >= 4 is 40.3 Å². The van der Waals surface area contributed by atoms with Crippen molar-refractivity contribution in [2.75, 3.05) is 40.1 Å². The number of anilines is 3. The van der Waals surface area contributed by atoms with E-state index in [1.54, 1.807) is 12.3 Å². The van der Waals surface area contributed by atoms with Crippen molar-refractivity contribution in [3.8, 4) is 0 Å². The lowest BCUT2D eigenvalue weighted by Gasteiger charge is -2.28. The Bertz CT molecular complexity index is 829. The van der Waals surface area contributed by atoms with E-state index in [0.717, 1.165) is 30.3 Å². The molecular formula is C19H18FN3OS. The van der Waals surface area contributed by atoms with Crippen LogP contribution in [0, 0.1) is 5.82 Å². The standard InChI is InChI=1S/C19H18FN3OS/c20-13-1-6-18-16(11-13)17(19(24)22-18)12-21-14-2-4-15(5-3-14)23-7-9-25-10-8-23/h1-6,11-12,21H,7-10H2,(H,22,24). The zero-order chi connectivity index (χ0) is 17.2. The minimum Gasteiger partial charge on any atom is -0.370 e. The van der Waals surface area contributed by atoms with E-state index in [2.05, 4.69) is 27.7 Å². The Hall–Kier alpha value is -2.47. The van der Waals surface area contributed by atoms with Crippen LogP contribution in [0.1, 0.15) is 5.56 Å². The number of carbonyl (C=O) groups excluding carboxylic acids is 1. The number of thioether (sulfide) groups is 1. The van der Waals surface area contributed by atoms with Crippen LogP contribution < -0.4 is 15.5 Å². The molecule has 4 rings (SSSR count). The second-order valence-electron chi connectivity index (χ2n) is 5.99. The van der Waals surface area contributed by atoms with Crippen LogP contribution in [0.3, 0.4) is 0 Å². The Kier molecular flexibility index (Phi) is 4.36. The highest BCUT2D eigenvalue weighted by molar-refractivity contribution is 7.99. The molecule has 4 nitrogen and oxygen atoms in total. The molecule has 0 saturated carbocycles. The van der Waals surface area contributed by atoms with Crippen molar-refractivity contribution in [3.05, 3.63) is 60.0 Å². The molecule has 2 aromatic carbocycles. The van der Waals surface area contributed by atoms with Crippen molar-refractivity contribution in [2.45, 2.75) is 0 Å². The maximum absolute atomic E-state index is 13.5. The van der Waals surface area contributed by atoms with Crippen LogP contribution in [-0.4, -0.2) is 30.5 Å². The second kappa shape index (κ2) is 6.80. The Morgan fingerprint density at radius 1 is 1.12 bits per heavy atom. The van der Waals surface area contributed by atoms with Gasteiger partial charge in [0.2, 0.25) is 0 Å². The normalized spacial score (nSPS) is 18.2. The Morgan fingerprint density at radius 3 is 2.64 bits per heavy atom. The van der Waals surface area contributed by atoms with Gasteiger partial charge in [0.25, 0.3) is 5.91 Å². The van der Waals surface area contributed by atoms with Gasteiger partial charge in [-0.25, -0.2) is 4.39 Å². The summed E-state index contributed by atoms with van der Waals surface area (Å²) in [6, 6.07) is 12.4. The minimum atomic E-state index is -0.356. The lowest BCUT2D eigenvalue weighted by molar-refractivity contribution is -0.110. The molecule has 1 amide bonds. The van der Waals surface area contributed by atoms with Gasteiger partial charge in [0.05, 0.1) is 5.57 Å². The number of carbonyl (C=O) groups is 1. The lowest BCUT2D eigenvalue weighted by Crippen LogP contribution is -2.32. The average Bonchev–Trinajstić information content (AvgIpc) is 2.96. The van der Waals surface area contributed by atoms with Crippen LogP contribution in [-0.2, 0) is 4.79 Å². The summed E-state index contributed by atoms with van der Waals surface area (Å²) in [5, 5.41) is 5.88. The van der Waals surface area contributed by atoms with Gasteiger partial charge in [0.15, 0.2) is 0 Å². The van der Waals surface area contributed by atoms with Gasteiger partial charge in [-0.05, 0) is 42.5 Å². The zero-order valence-electron chi connectivity index (χ0n) is 13.6. The van der Waals surface area contributed by atoms with Crippen LogP contribution >= 0.6 is 11.8 Å². The van der Waals surface area contributed by atoms with E-state index in [9.17, 15) is 9.18 Å². The highest BCUT2D eigenvalue weighted by atomic mass is 32.2. The van der Waals surface area contributed by atoms with Crippen LogP contribution in [0.5, 0.6) is 0 Å². The number of fused-ring (bicyclic) bond motifs is 1. The van der Waals surface area contributed by atoms with Gasteiger partial charge in [-0.15, -0.1) is 0 Å². The molecule has 1 fully saturated rings. The number of halogens is 1. The number of rotatable bonds is 3. The highest BCUT2D eigenvalue weighted by Gasteiger charge is 2.24. The van der Waals surface area contributed by atoms with E-state index in [-0.39, 0.29) is 11.7 Å². The second-order valence-corrected chi connectivity index (χ2v) is 7.22. The number of nitrogens with one attached hydrogen (secondary N) is 2. The molecule has 0 aliphatic carbocycles. The summed E-state index contributed by atoms with van der Waals surface area (Å²) in [6.45, 7) is 2.15. The predicted molar refractivity (Wildman–Crippen MR) is 103 cm³/mol. The van der Waals surface area contributed by atoms with E-state index in [0.29, 0.717) is 16.8 Å². The van der Waals surface area contributed by atoms with Gasteiger partial charge < -0.3 is 15.5 Å². The summed E-state index contributed by atoms with van der Waals surface area (Å²) in [4.78, 5) is 14.5. The Balaban J connectivity index is 1.50. The van der Waals surface area contributed by atoms with E-state index < -0.39 is 0 Å². The largest absolute Gasteiger partial charge is 0.370 e. The molecule has 2 aromatic rings. The first-order valence-corrected chi connectivity index (χ1v) is 9.37. The summed E-state index contributed by atoms with van der Waals surface area (Å²) >= 11 is 1.99. The van der Waals surface area contributed by atoms with Gasteiger partial charge >= 0.3 is 0 Å². The monoisotopic (exact) mass is 355 g/mol. The smallest absolute Gasteiger partial charge is 0.257 e. The third-order valence-electron chi connectivity index (χ3n) is 4.39. The fraction of sp³-hybridized carbons (Fsp3) is 0.211. The van der Waals surface area contributed by atoms with Crippen LogP contribution in [0.4, 0.5) is 21.5 Å². The Labute approximate surface area is 150 Å². The first-order valence-electron chi connectivity index (χ1n) is 8.21.